The Kier molecular flexibility index (Phi) is 12.0. The zero-order chi connectivity index (χ0) is 24.0. The molecule has 176 valence electrons. The number of esters is 3. The first-order valence-electron chi connectivity index (χ1n) is 10.9. The van der Waals surface area contributed by atoms with Crippen molar-refractivity contribution in [3.63, 3.8) is 0 Å². The first-order valence-corrected chi connectivity index (χ1v) is 10.9. The number of ketones is 1. The molecule has 0 aliphatic heterocycles. The van der Waals surface area contributed by atoms with Gasteiger partial charge in [0.25, 0.3) is 0 Å². The molecule has 0 bridgehead atoms. The summed E-state index contributed by atoms with van der Waals surface area (Å²) in [5.41, 5.74) is -0.853. The summed E-state index contributed by atoms with van der Waals surface area (Å²) in [4.78, 5) is 47.0. The molecule has 0 aromatic rings. The maximum atomic E-state index is 12.5. The topological polar surface area (TPSA) is 96.0 Å². The summed E-state index contributed by atoms with van der Waals surface area (Å²) in [5, 5.41) is 0. The lowest BCUT2D eigenvalue weighted by Gasteiger charge is -2.27. The van der Waals surface area contributed by atoms with E-state index in [2.05, 4.69) is 11.7 Å². The monoisotopic (exact) mass is 446 g/mol. The average molecular weight is 447 g/mol. The zero-order valence-electron chi connectivity index (χ0n) is 19.4. The van der Waals surface area contributed by atoms with Gasteiger partial charge in [-0.15, -0.1) is 0 Å². The minimum Gasteiger partial charge on any atom is -0.469 e. The van der Waals surface area contributed by atoms with Gasteiger partial charge in [-0.2, -0.15) is 0 Å². The molecule has 0 radical (unpaired) electrons. The quantitative estimate of drug-likeness (QED) is 0.137. The van der Waals surface area contributed by atoms with Crippen LogP contribution in [0, 0.1) is 0 Å². The van der Waals surface area contributed by atoms with E-state index in [4.69, 9.17) is 9.47 Å². The van der Waals surface area contributed by atoms with Crippen molar-refractivity contribution in [2.45, 2.75) is 77.4 Å². The highest BCUT2D eigenvalue weighted by Crippen LogP contribution is 2.34. The Balaban J connectivity index is 3.02. The van der Waals surface area contributed by atoms with Crippen LogP contribution in [-0.2, 0) is 33.4 Å². The first-order chi connectivity index (χ1) is 15.2. The number of unbranched alkanes of at least 4 members (excludes halogenated alkanes) is 3. The van der Waals surface area contributed by atoms with E-state index in [1.807, 2.05) is 12.2 Å². The summed E-state index contributed by atoms with van der Waals surface area (Å²) in [6, 6.07) is 0. The second kappa shape index (κ2) is 14.2. The molecule has 0 fully saturated rings. The fourth-order valence-electron chi connectivity index (χ4n) is 3.32. The fraction of sp³-hybridized carbons (Fsp3) is 0.520. The van der Waals surface area contributed by atoms with Crippen molar-refractivity contribution >= 4 is 23.7 Å². The van der Waals surface area contributed by atoms with Crippen LogP contribution in [0.3, 0.4) is 0 Å². The number of carbonyl (C=O) groups is 4. The molecule has 1 aliphatic carbocycles. The van der Waals surface area contributed by atoms with E-state index in [9.17, 15) is 19.2 Å². The molecular weight excluding hydrogens is 412 g/mol. The normalized spacial score (nSPS) is 20.2. The number of allylic oxidation sites excluding steroid dienone is 4. The minimum absolute atomic E-state index is 0.0794. The van der Waals surface area contributed by atoms with Gasteiger partial charge >= 0.3 is 17.9 Å². The Labute approximate surface area is 190 Å². The van der Waals surface area contributed by atoms with Gasteiger partial charge < -0.3 is 14.2 Å². The zero-order valence-corrected chi connectivity index (χ0v) is 19.4. The van der Waals surface area contributed by atoms with Gasteiger partial charge in [-0.3, -0.25) is 19.2 Å². The van der Waals surface area contributed by atoms with Crippen molar-refractivity contribution in [1.29, 1.82) is 0 Å². The van der Waals surface area contributed by atoms with Crippen LogP contribution in [0.1, 0.15) is 65.7 Å². The van der Waals surface area contributed by atoms with E-state index in [1.165, 1.54) is 27.0 Å². The van der Waals surface area contributed by atoms with Crippen molar-refractivity contribution in [1.82, 2.24) is 0 Å². The van der Waals surface area contributed by atoms with Gasteiger partial charge in [0.2, 0.25) is 0 Å². The number of rotatable bonds is 13. The lowest BCUT2D eigenvalue weighted by Crippen LogP contribution is -2.33. The summed E-state index contributed by atoms with van der Waals surface area (Å²) < 4.78 is 15.4. The predicted molar refractivity (Wildman–Crippen MR) is 121 cm³/mol. The molecule has 0 unspecified atom stereocenters. The first kappa shape index (κ1) is 27.1. The van der Waals surface area contributed by atoms with Crippen LogP contribution in [0.5, 0.6) is 0 Å². The standard InChI is InChI=1S/C25H34O7/c1-5-6-7-8-9-10-17-25(32-20(3)27)18-16-23(28)22(25)13-11-12-21(31-19(2)26)14-15-24(29)30-4/h9-13,16,18,21H,5-8,14-15,17H2,1-4H3/b10-9-,12-11+,22-13?/t21-,25-/m1/s1. The number of carbonyl (C=O) groups excluding carboxylic acids is 4. The molecule has 7 nitrogen and oxygen atoms in total. The van der Waals surface area contributed by atoms with Crippen LogP contribution in [0.15, 0.2) is 48.1 Å². The number of hydrogen-bond acceptors (Lipinski definition) is 7. The summed E-state index contributed by atoms with van der Waals surface area (Å²) >= 11 is 0. The van der Waals surface area contributed by atoms with E-state index in [1.54, 1.807) is 24.3 Å². The van der Waals surface area contributed by atoms with Crippen molar-refractivity contribution in [3.05, 3.63) is 48.1 Å². The third kappa shape index (κ3) is 9.45. The van der Waals surface area contributed by atoms with Crippen molar-refractivity contribution in [3.8, 4) is 0 Å². The molecule has 0 saturated heterocycles. The smallest absolute Gasteiger partial charge is 0.305 e. The molecular formula is C25H34O7. The summed E-state index contributed by atoms with van der Waals surface area (Å²) in [6.45, 7) is 4.72. The summed E-state index contributed by atoms with van der Waals surface area (Å²) in [7, 11) is 1.29. The molecule has 0 N–H and O–H groups in total. The van der Waals surface area contributed by atoms with E-state index in [0.29, 0.717) is 12.0 Å². The molecule has 1 aliphatic rings. The van der Waals surface area contributed by atoms with Crippen LogP contribution < -0.4 is 0 Å². The Morgan fingerprint density at radius 1 is 1.12 bits per heavy atom. The van der Waals surface area contributed by atoms with Crippen LogP contribution in [0.25, 0.3) is 0 Å². The number of hydrogen-bond donors (Lipinski definition) is 0. The van der Waals surface area contributed by atoms with E-state index in [0.717, 1.165) is 25.7 Å². The minimum atomic E-state index is -1.17. The van der Waals surface area contributed by atoms with Crippen LogP contribution in [-0.4, -0.2) is 42.5 Å². The van der Waals surface area contributed by atoms with E-state index in [-0.39, 0.29) is 18.6 Å². The summed E-state index contributed by atoms with van der Waals surface area (Å²) in [6.07, 6.45) is 16.0. The van der Waals surface area contributed by atoms with Gasteiger partial charge in [0.1, 0.15) is 6.10 Å². The maximum Gasteiger partial charge on any atom is 0.305 e. The molecule has 0 aromatic carbocycles. The van der Waals surface area contributed by atoms with Gasteiger partial charge in [0.15, 0.2) is 11.4 Å². The lowest BCUT2D eigenvalue weighted by molar-refractivity contribution is -0.149. The molecule has 0 amide bonds. The van der Waals surface area contributed by atoms with Crippen LogP contribution >= 0.6 is 0 Å². The van der Waals surface area contributed by atoms with Gasteiger partial charge in [-0.25, -0.2) is 0 Å². The highest BCUT2D eigenvalue weighted by Gasteiger charge is 2.41. The SMILES string of the molecule is CCCCC/C=C\C[C@@]1(OC(C)=O)C=CC(=O)C1=C/C=C/[C@H](CCC(=O)OC)OC(C)=O. The molecule has 0 heterocycles. The van der Waals surface area contributed by atoms with Gasteiger partial charge in [-0.1, -0.05) is 44.1 Å². The Bertz CT molecular complexity index is 788. The molecule has 0 saturated carbocycles. The molecule has 7 heteroatoms. The van der Waals surface area contributed by atoms with Crippen molar-refractivity contribution < 1.29 is 33.4 Å². The second-order valence-corrected chi connectivity index (χ2v) is 7.58. The Morgan fingerprint density at radius 2 is 1.88 bits per heavy atom. The van der Waals surface area contributed by atoms with Crippen LogP contribution in [0.2, 0.25) is 0 Å². The fourth-order valence-corrected chi connectivity index (χ4v) is 3.32. The lowest BCUT2D eigenvalue weighted by atomic mass is 9.91. The van der Waals surface area contributed by atoms with Crippen molar-refractivity contribution in [2.75, 3.05) is 7.11 Å². The molecule has 1 rings (SSSR count). The van der Waals surface area contributed by atoms with Crippen LogP contribution in [0.4, 0.5) is 0 Å². The van der Waals surface area contributed by atoms with E-state index >= 15 is 0 Å². The highest BCUT2D eigenvalue weighted by atomic mass is 16.6. The van der Waals surface area contributed by atoms with Gasteiger partial charge in [-0.05, 0) is 37.5 Å². The largest absolute Gasteiger partial charge is 0.469 e. The molecule has 2 atom stereocenters. The molecule has 0 spiro atoms. The highest BCUT2D eigenvalue weighted by molar-refractivity contribution is 6.09. The third-order valence-electron chi connectivity index (χ3n) is 4.88. The Hall–Kier alpha value is -2.96. The van der Waals surface area contributed by atoms with E-state index < -0.39 is 29.6 Å². The van der Waals surface area contributed by atoms with Gasteiger partial charge in [0.05, 0.1) is 7.11 Å². The number of ether oxygens (including phenoxy) is 3. The predicted octanol–water partition coefficient (Wildman–Crippen LogP) is 4.32. The summed E-state index contributed by atoms with van der Waals surface area (Å²) in [5.74, 6) is -1.65. The Morgan fingerprint density at radius 3 is 2.50 bits per heavy atom. The maximum absolute atomic E-state index is 12.5. The molecule has 32 heavy (non-hydrogen) atoms. The third-order valence-corrected chi connectivity index (χ3v) is 4.88. The van der Waals surface area contributed by atoms with Gasteiger partial charge in [0, 0.05) is 32.3 Å². The second-order valence-electron chi connectivity index (χ2n) is 7.58. The average Bonchev–Trinajstić information content (AvgIpc) is 3.03. The van der Waals surface area contributed by atoms with Crippen molar-refractivity contribution in [2.24, 2.45) is 0 Å². The number of methoxy groups -OCH3 is 1. The molecule has 0 aromatic heterocycles.